The molecule has 0 aliphatic carbocycles. The highest BCUT2D eigenvalue weighted by Gasteiger charge is 2.24. The van der Waals surface area contributed by atoms with Crippen LogP contribution in [0.5, 0.6) is 17.2 Å². The molecule has 0 aliphatic heterocycles. The van der Waals surface area contributed by atoms with Crippen molar-refractivity contribution in [2.45, 2.75) is 39.7 Å². The van der Waals surface area contributed by atoms with Crippen LogP contribution in [0.4, 0.5) is 11.4 Å². The lowest BCUT2D eigenvalue weighted by molar-refractivity contribution is -0.384. The van der Waals surface area contributed by atoms with E-state index in [0.29, 0.717) is 30.3 Å². The third kappa shape index (κ3) is 6.60. The molecular formula is C22H25N3O6. The average molecular weight is 427 g/mol. The Hall–Kier alpha value is -3.80. The van der Waals surface area contributed by atoms with Crippen LogP contribution in [-0.4, -0.2) is 30.1 Å². The SMILES string of the molecule is CCCOc1cc(NC(=O)C(C)Oc2ccc(C#N)cc2)c([N+](=O)[O-])cc1OCCC. The number of nitrogens with zero attached hydrogens (tertiary/aromatic N) is 2. The van der Waals surface area contributed by atoms with Gasteiger partial charge in [0.05, 0.1) is 35.8 Å². The van der Waals surface area contributed by atoms with Gasteiger partial charge in [0.25, 0.3) is 11.6 Å². The first-order valence-corrected chi connectivity index (χ1v) is 9.95. The number of nitro benzene ring substituents is 1. The first-order valence-electron chi connectivity index (χ1n) is 9.95. The van der Waals surface area contributed by atoms with E-state index >= 15 is 0 Å². The molecule has 9 nitrogen and oxygen atoms in total. The van der Waals surface area contributed by atoms with Gasteiger partial charge in [-0.1, -0.05) is 13.8 Å². The van der Waals surface area contributed by atoms with Gasteiger partial charge in [0.1, 0.15) is 11.4 Å². The van der Waals surface area contributed by atoms with E-state index in [0.717, 1.165) is 12.8 Å². The fourth-order valence-corrected chi connectivity index (χ4v) is 2.55. The molecule has 2 aromatic rings. The molecule has 31 heavy (non-hydrogen) atoms. The summed E-state index contributed by atoms with van der Waals surface area (Å²) in [5, 5.41) is 23.0. The zero-order valence-electron chi connectivity index (χ0n) is 17.7. The maximum absolute atomic E-state index is 12.6. The zero-order chi connectivity index (χ0) is 22.8. The van der Waals surface area contributed by atoms with Gasteiger partial charge in [-0.05, 0) is 44.0 Å². The summed E-state index contributed by atoms with van der Waals surface area (Å²) in [5.74, 6) is 0.390. The van der Waals surface area contributed by atoms with Crippen LogP contribution in [0.2, 0.25) is 0 Å². The number of rotatable bonds is 11. The van der Waals surface area contributed by atoms with E-state index in [4.69, 9.17) is 19.5 Å². The Morgan fingerprint density at radius 3 is 2.23 bits per heavy atom. The Morgan fingerprint density at radius 1 is 1.13 bits per heavy atom. The highest BCUT2D eigenvalue weighted by Crippen LogP contribution is 2.38. The number of ether oxygens (including phenoxy) is 3. The third-order valence-electron chi connectivity index (χ3n) is 4.11. The minimum Gasteiger partial charge on any atom is -0.490 e. The van der Waals surface area contributed by atoms with Gasteiger partial charge in [0, 0.05) is 6.07 Å². The van der Waals surface area contributed by atoms with Crippen LogP contribution in [0.15, 0.2) is 36.4 Å². The molecule has 164 valence electrons. The summed E-state index contributed by atoms with van der Waals surface area (Å²) >= 11 is 0. The Labute approximate surface area is 180 Å². The fraction of sp³-hybridized carbons (Fsp3) is 0.364. The van der Waals surface area contributed by atoms with Crippen molar-refractivity contribution in [3.05, 3.63) is 52.1 Å². The first kappa shape index (κ1) is 23.5. The van der Waals surface area contributed by atoms with Crippen LogP contribution < -0.4 is 19.5 Å². The zero-order valence-corrected chi connectivity index (χ0v) is 17.7. The van der Waals surface area contributed by atoms with Crippen LogP contribution in [0.1, 0.15) is 39.2 Å². The summed E-state index contributed by atoms with van der Waals surface area (Å²) in [6, 6.07) is 10.9. The largest absolute Gasteiger partial charge is 0.490 e. The second-order valence-corrected chi connectivity index (χ2v) is 6.66. The van der Waals surface area contributed by atoms with E-state index in [1.54, 1.807) is 24.3 Å². The number of hydrogen-bond donors (Lipinski definition) is 1. The molecule has 0 aliphatic rings. The number of anilines is 1. The molecule has 1 N–H and O–H groups in total. The molecule has 0 spiro atoms. The lowest BCUT2D eigenvalue weighted by Crippen LogP contribution is -2.30. The molecule has 1 atom stereocenters. The Kier molecular flexibility index (Phi) is 8.64. The van der Waals surface area contributed by atoms with Crippen molar-refractivity contribution in [1.29, 1.82) is 5.26 Å². The van der Waals surface area contributed by atoms with E-state index in [2.05, 4.69) is 5.32 Å². The number of carbonyl (C=O) groups excluding carboxylic acids is 1. The molecule has 0 bridgehead atoms. The van der Waals surface area contributed by atoms with E-state index in [1.165, 1.54) is 19.1 Å². The number of carbonyl (C=O) groups is 1. The second-order valence-electron chi connectivity index (χ2n) is 6.66. The highest BCUT2D eigenvalue weighted by atomic mass is 16.6. The molecule has 0 heterocycles. The minimum absolute atomic E-state index is 0.0137. The number of amides is 1. The molecule has 1 amide bonds. The van der Waals surface area contributed by atoms with Gasteiger partial charge in [-0.25, -0.2) is 0 Å². The Balaban J connectivity index is 2.24. The number of nitrogens with one attached hydrogen (secondary N) is 1. The van der Waals surface area contributed by atoms with Crippen LogP contribution in [0, 0.1) is 21.4 Å². The standard InChI is InChI=1S/C22H25N3O6/c1-4-10-29-20-12-18(19(25(27)28)13-21(20)30-11-5-2)24-22(26)15(3)31-17-8-6-16(14-23)7-9-17/h6-9,12-13,15H,4-5,10-11H2,1-3H3,(H,24,26). The summed E-state index contributed by atoms with van der Waals surface area (Å²) in [7, 11) is 0. The van der Waals surface area contributed by atoms with Gasteiger partial charge in [-0.15, -0.1) is 0 Å². The van der Waals surface area contributed by atoms with Crippen LogP contribution in [-0.2, 0) is 4.79 Å². The number of hydrogen-bond acceptors (Lipinski definition) is 7. The van der Waals surface area contributed by atoms with Gasteiger partial charge < -0.3 is 19.5 Å². The molecule has 2 aromatic carbocycles. The molecule has 9 heteroatoms. The van der Waals surface area contributed by atoms with E-state index in [9.17, 15) is 14.9 Å². The highest BCUT2D eigenvalue weighted by molar-refractivity contribution is 5.96. The van der Waals surface area contributed by atoms with E-state index in [1.807, 2.05) is 19.9 Å². The van der Waals surface area contributed by atoms with Crippen molar-refractivity contribution in [2.24, 2.45) is 0 Å². The topological polar surface area (TPSA) is 124 Å². The molecular weight excluding hydrogens is 402 g/mol. The van der Waals surface area contributed by atoms with Gasteiger partial charge in [0.15, 0.2) is 17.6 Å². The maximum atomic E-state index is 12.6. The summed E-state index contributed by atoms with van der Waals surface area (Å²) in [6.45, 7) is 6.15. The van der Waals surface area contributed by atoms with Crippen molar-refractivity contribution >= 4 is 17.3 Å². The van der Waals surface area contributed by atoms with Crippen molar-refractivity contribution in [3.63, 3.8) is 0 Å². The summed E-state index contributed by atoms with van der Waals surface area (Å²) in [5.41, 5.74) is 0.138. The average Bonchev–Trinajstić information content (AvgIpc) is 2.76. The first-order chi connectivity index (χ1) is 14.9. The Bertz CT molecular complexity index is 953. The van der Waals surface area contributed by atoms with Crippen LogP contribution in [0.25, 0.3) is 0 Å². The van der Waals surface area contributed by atoms with E-state index in [-0.39, 0.29) is 17.1 Å². The van der Waals surface area contributed by atoms with Crippen molar-refractivity contribution in [3.8, 4) is 23.3 Å². The molecule has 0 saturated carbocycles. The predicted molar refractivity (Wildman–Crippen MR) is 115 cm³/mol. The number of nitriles is 1. The van der Waals surface area contributed by atoms with Crippen molar-refractivity contribution < 1.29 is 23.9 Å². The summed E-state index contributed by atoms with van der Waals surface area (Å²) < 4.78 is 16.8. The maximum Gasteiger partial charge on any atom is 0.296 e. The van der Waals surface area contributed by atoms with Gasteiger partial charge in [0.2, 0.25) is 0 Å². The molecule has 0 radical (unpaired) electrons. The molecule has 2 rings (SSSR count). The molecule has 1 unspecified atom stereocenters. The Morgan fingerprint density at radius 2 is 1.71 bits per heavy atom. The monoisotopic (exact) mass is 427 g/mol. The van der Waals surface area contributed by atoms with E-state index < -0.39 is 16.9 Å². The number of benzene rings is 2. The van der Waals surface area contributed by atoms with Gasteiger partial charge in [-0.2, -0.15) is 5.26 Å². The lowest BCUT2D eigenvalue weighted by atomic mass is 10.2. The van der Waals surface area contributed by atoms with Gasteiger partial charge >= 0.3 is 0 Å². The molecule has 0 saturated heterocycles. The second kappa shape index (κ2) is 11.4. The molecule has 0 fully saturated rings. The predicted octanol–water partition coefficient (Wildman–Crippen LogP) is 4.45. The summed E-state index contributed by atoms with van der Waals surface area (Å²) in [6.07, 6.45) is 0.522. The van der Waals surface area contributed by atoms with Crippen molar-refractivity contribution in [1.82, 2.24) is 0 Å². The lowest BCUT2D eigenvalue weighted by Gasteiger charge is -2.17. The van der Waals surface area contributed by atoms with Crippen LogP contribution in [0.3, 0.4) is 0 Å². The smallest absolute Gasteiger partial charge is 0.296 e. The minimum atomic E-state index is -0.941. The molecule has 0 aromatic heterocycles. The fourth-order valence-electron chi connectivity index (χ4n) is 2.55. The number of nitro groups is 1. The normalized spacial score (nSPS) is 11.2. The summed E-state index contributed by atoms with van der Waals surface area (Å²) in [4.78, 5) is 23.6. The van der Waals surface area contributed by atoms with Crippen LogP contribution >= 0.6 is 0 Å². The van der Waals surface area contributed by atoms with Gasteiger partial charge in [-0.3, -0.25) is 14.9 Å². The quantitative estimate of drug-likeness (QED) is 0.415. The third-order valence-corrected chi connectivity index (χ3v) is 4.11. The van der Waals surface area contributed by atoms with Crippen molar-refractivity contribution in [2.75, 3.05) is 18.5 Å².